The van der Waals surface area contributed by atoms with Crippen LogP contribution in [0.15, 0.2) is 41.3 Å². The lowest BCUT2D eigenvalue weighted by Gasteiger charge is -2.11. The van der Waals surface area contributed by atoms with E-state index in [2.05, 4.69) is 14.9 Å². The number of hydrogen-bond acceptors (Lipinski definition) is 4. The van der Waals surface area contributed by atoms with Gasteiger partial charge in [0.25, 0.3) is 10.0 Å². The first-order valence-corrected chi connectivity index (χ1v) is 10.5. The molecule has 152 valence electrons. The zero-order chi connectivity index (χ0) is 20.6. The molecule has 1 N–H and O–H groups in total. The molecule has 0 atom stereocenters. The minimum absolute atomic E-state index is 0.137. The van der Waals surface area contributed by atoms with Gasteiger partial charge in [0.2, 0.25) is 0 Å². The smallest absolute Gasteiger partial charge is 0.264 e. The first-order valence-electron chi connectivity index (χ1n) is 9.05. The van der Waals surface area contributed by atoms with Gasteiger partial charge >= 0.3 is 0 Å². The van der Waals surface area contributed by atoms with Crippen LogP contribution in [0.4, 0.5) is 18.9 Å². The Balaban J connectivity index is 1.67. The lowest BCUT2D eigenvalue weighted by Crippen LogP contribution is -2.16. The number of nitrogens with zero attached hydrogens (tertiary/aromatic N) is 3. The van der Waals surface area contributed by atoms with Gasteiger partial charge in [-0.25, -0.2) is 21.6 Å². The molecule has 6 nitrogen and oxygen atoms in total. The Morgan fingerprint density at radius 1 is 0.966 bits per heavy atom. The van der Waals surface area contributed by atoms with Crippen LogP contribution in [0, 0.1) is 17.5 Å². The zero-order valence-corrected chi connectivity index (χ0v) is 16.0. The summed E-state index contributed by atoms with van der Waals surface area (Å²) in [5, 5.41) is 8.45. The number of fused-ring (bicyclic) bond motifs is 1. The third-order valence-electron chi connectivity index (χ3n) is 4.77. The van der Waals surface area contributed by atoms with Gasteiger partial charge in [0.15, 0.2) is 23.3 Å². The normalized spacial score (nSPS) is 14.3. The van der Waals surface area contributed by atoms with Gasteiger partial charge in [-0.3, -0.25) is 4.72 Å². The molecule has 0 spiro atoms. The molecular formula is C19H17F3N4O2S. The molecule has 10 heteroatoms. The maximum absolute atomic E-state index is 13.9. The van der Waals surface area contributed by atoms with Crippen LogP contribution < -0.4 is 4.72 Å². The first kappa shape index (κ1) is 19.4. The van der Waals surface area contributed by atoms with E-state index >= 15 is 0 Å². The summed E-state index contributed by atoms with van der Waals surface area (Å²) < 4.78 is 69.7. The van der Waals surface area contributed by atoms with Crippen LogP contribution in [0.3, 0.4) is 0 Å². The van der Waals surface area contributed by atoms with E-state index in [1.807, 2.05) is 4.57 Å². The number of rotatable bonds is 4. The number of hydrogen-bond donors (Lipinski definition) is 1. The lowest BCUT2D eigenvalue weighted by molar-refractivity contribution is 0.432. The molecule has 4 rings (SSSR count). The van der Waals surface area contributed by atoms with Gasteiger partial charge < -0.3 is 4.57 Å². The minimum Gasteiger partial charge on any atom is -0.311 e. The number of sulfonamides is 1. The van der Waals surface area contributed by atoms with E-state index in [4.69, 9.17) is 0 Å². The summed E-state index contributed by atoms with van der Waals surface area (Å²) in [6, 6.07) is 7.63. The maximum Gasteiger partial charge on any atom is 0.264 e. The third kappa shape index (κ3) is 3.71. The fourth-order valence-electron chi connectivity index (χ4n) is 3.35. The summed E-state index contributed by atoms with van der Waals surface area (Å²) in [5.74, 6) is -3.57. The molecule has 0 amide bonds. The van der Waals surface area contributed by atoms with Crippen molar-refractivity contribution in [3.8, 4) is 11.4 Å². The fourth-order valence-corrected chi connectivity index (χ4v) is 4.47. The molecule has 0 aliphatic carbocycles. The Morgan fingerprint density at radius 3 is 2.62 bits per heavy atom. The van der Waals surface area contributed by atoms with Crippen LogP contribution in [0.25, 0.3) is 11.4 Å². The van der Waals surface area contributed by atoms with Crippen LogP contribution in [0.5, 0.6) is 0 Å². The average molecular weight is 422 g/mol. The molecule has 1 aliphatic heterocycles. The Labute approximate surface area is 165 Å². The second-order valence-corrected chi connectivity index (χ2v) is 8.41. The molecule has 2 aromatic carbocycles. The molecule has 0 bridgehead atoms. The standard InChI is InChI=1S/C19H17F3N4O2S/c20-14-8-9-15(18(22)17(14)21)29(27,28)25-13-6-4-5-12(11-13)19-24-23-16-7-2-1-3-10-26(16)19/h4-6,8-9,11,25H,1-3,7,10H2. The van der Waals surface area contributed by atoms with Gasteiger partial charge in [0.05, 0.1) is 0 Å². The van der Waals surface area contributed by atoms with Crippen molar-refractivity contribution < 1.29 is 21.6 Å². The molecule has 3 aromatic rings. The number of benzene rings is 2. The van der Waals surface area contributed by atoms with Crippen molar-refractivity contribution in [2.75, 3.05) is 4.72 Å². The van der Waals surface area contributed by atoms with E-state index in [-0.39, 0.29) is 5.69 Å². The molecule has 0 saturated carbocycles. The molecule has 2 heterocycles. The van der Waals surface area contributed by atoms with Gasteiger partial charge in [0.1, 0.15) is 10.7 Å². The van der Waals surface area contributed by atoms with Crippen LogP contribution in [-0.2, 0) is 23.0 Å². The minimum atomic E-state index is -4.47. The van der Waals surface area contributed by atoms with Crippen LogP contribution in [0.1, 0.15) is 25.1 Å². The van der Waals surface area contributed by atoms with Gasteiger partial charge in [-0.05, 0) is 37.1 Å². The second kappa shape index (κ2) is 7.51. The molecule has 29 heavy (non-hydrogen) atoms. The van der Waals surface area contributed by atoms with Crippen molar-refractivity contribution in [3.63, 3.8) is 0 Å². The predicted octanol–water partition coefficient (Wildman–Crippen LogP) is 3.89. The van der Waals surface area contributed by atoms with E-state index in [0.717, 1.165) is 38.1 Å². The van der Waals surface area contributed by atoms with E-state index in [9.17, 15) is 21.6 Å². The quantitative estimate of drug-likeness (QED) is 0.647. The summed E-state index contributed by atoms with van der Waals surface area (Å²) in [6.45, 7) is 0.772. The summed E-state index contributed by atoms with van der Waals surface area (Å²) in [7, 11) is -4.47. The number of anilines is 1. The Morgan fingerprint density at radius 2 is 1.79 bits per heavy atom. The predicted molar refractivity (Wildman–Crippen MR) is 100 cm³/mol. The summed E-state index contributed by atoms with van der Waals surface area (Å²) >= 11 is 0. The number of aryl methyl sites for hydroxylation is 1. The van der Waals surface area contributed by atoms with Crippen molar-refractivity contribution >= 4 is 15.7 Å². The maximum atomic E-state index is 13.9. The molecule has 0 unspecified atom stereocenters. The zero-order valence-electron chi connectivity index (χ0n) is 15.2. The molecule has 0 fully saturated rings. The van der Waals surface area contributed by atoms with E-state index in [1.165, 1.54) is 12.1 Å². The van der Waals surface area contributed by atoms with Crippen molar-refractivity contribution in [1.82, 2.24) is 14.8 Å². The second-order valence-electron chi connectivity index (χ2n) is 6.76. The summed E-state index contributed by atoms with van der Waals surface area (Å²) in [6.07, 6.45) is 3.97. The van der Waals surface area contributed by atoms with E-state index in [0.29, 0.717) is 23.5 Å². The van der Waals surface area contributed by atoms with E-state index < -0.39 is 32.4 Å². The number of aromatic nitrogens is 3. The van der Waals surface area contributed by atoms with E-state index in [1.54, 1.807) is 12.1 Å². The monoisotopic (exact) mass is 422 g/mol. The van der Waals surface area contributed by atoms with Crippen molar-refractivity contribution in [3.05, 3.63) is 59.7 Å². The number of nitrogens with one attached hydrogen (secondary N) is 1. The van der Waals surface area contributed by atoms with Gasteiger partial charge in [-0.1, -0.05) is 18.6 Å². The molecule has 0 radical (unpaired) electrons. The highest BCUT2D eigenvalue weighted by Gasteiger charge is 2.24. The van der Waals surface area contributed by atoms with Gasteiger partial charge in [-0.15, -0.1) is 10.2 Å². The summed E-state index contributed by atoms with van der Waals surface area (Å²) in [4.78, 5) is -0.974. The van der Waals surface area contributed by atoms with Crippen molar-refractivity contribution in [2.24, 2.45) is 0 Å². The highest BCUT2D eigenvalue weighted by atomic mass is 32.2. The van der Waals surface area contributed by atoms with Crippen LogP contribution in [-0.4, -0.2) is 23.2 Å². The van der Waals surface area contributed by atoms with Gasteiger partial charge in [0, 0.05) is 24.2 Å². The topological polar surface area (TPSA) is 76.9 Å². The first-order chi connectivity index (χ1) is 13.9. The molecular weight excluding hydrogens is 405 g/mol. The van der Waals surface area contributed by atoms with Crippen LogP contribution >= 0.6 is 0 Å². The fraction of sp³-hybridized carbons (Fsp3) is 0.263. The molecule has 1 aliphatic rings. The third-order valence-corrected chi connectivity index (χ3v) is 6.17. The van der Waals surface area contributed by atoms with Crippen LogP contribution in [0.2, 0.25) is 0 Å². The largest absolute Gasteiger partial charge is 0.311 e. The average Bonchev–Trinajstić information content (AvgIpc) is 2.94. The lowest BCUT2D eigenvalue weighted by atomic mass is 10.2. The molecule has 0 saturated heterocycles. The molecule has 1 aromatic heterocycles. The Bertz CT molecular complexity index is 1180. The van der Waals surface area contributed by atoms with Crippen molar-refractivity contribution in [1.29, 1.82) is 0 Å². The van der Waals surface area contributed by atoms with Gasteiger partial charge in [-0.2, -0.15) is 0 Å². The Hall–Kier alpha value is -2.88. The Kier molecular flexibility index (Phi) is 5.03. The summed E-state index contributed by atoms with van der Waals surface area (Å²) in [5.41, 5.74) is 0.772. The van der Waals surface area contributed by atoms with Crippen molar-refractivity contribution in [2.45, 2.75) is 37.1 Å². The number of halogens is 3. The SMILES string of the molecule is O=S(=O)(Nc1cccc(-c2nnc3n2CCCCC3)c1)c1ccc(F)c(F)c1F. The highest BCUT2D eigenvalue weighted by Crippen LogP contribution is 2.27. The highest BCUT2D eigenvalue weighted by molar-refractivity contribution is 7.92.